The quantitative estimate of drug-likeness (QED) is 0.167. The molecule has 2 aliphatic rings. The van der Waals surface area contributed by atoms with Crippen molar-refractivity contribution in [3.8, 4) is 56.0 Å². The van der Waals surface area contributed by atoms with Gasteiger partial charge in [-0.2, -0.15) is 0 Å². The van der Waals surface area contributed by atoms with Crippen LogP contribution in [0.15, 0.2) is 237 Å². The molecule has 286 valence electrons. The van der Waals surface area contributed by atoms with Crippen LogP contribution in [0.3, 0.4) is 0 Å². The molecule has 1 spiro atoms. The van der Waals surface area contributed by atoms with E-state index in [0.717, 1.165) is 34.1 Å². The zero-order valence-corrected chi connectivity index (χ0v) is 33.4. The average molecular weight is 778 g/mol. The number of anilines is 3. The summed E-state index contributed by atoms with van der Waals surface area (Å²) in [5.41, 5.74) is 17.3. The minimum atomic E-state index is -0.551. The maximum absolute atomic E-state index is 6.66. The Morgan fingerprint density at radius 2 is 0.672 bits per heavy atom. The van der Waals surface area contributed by atoms with Crippen molar-refractivity contribution in [2.24, 2.45) is 0 Å². The number of hydrogen-bond acceptors (Lipinski definition) is 2. The van der Waals surface area contributed by atoms with Crippen molar-refractivity contribution in [3.63, 3.8) is 0 Å². The summed E-state index contributed by atoms with van der Waals surface area (Å²) in [6, 6.07) is 85.8. The van der Waals surface area contributed by atoms with E-state index in [0.29, 0.717) is 0 Å². The molecule has 0 saturated carbocycles. The van der Waals surface area contributed by atoms with Crippen LogP contribution in [0.5, 0.6) is 11.5 Å². The first-order valence-corrected chi connectivity index (χ1v) is 21.0. The minimum absolute atomic E-state index is 0.551. The monoisotopic (exact) mass is 777 g/mol. The summed E-state index contributed by atoms with van der Waals surface area (Å²) in [5, 5.41) is 2.48. The van der Waals surface area contributed by atoms with Crippen molar-refractivity contribution < 1.29 is 4.74 Å². The molecule has 0 unspecified atom stereocenters. The predicted molar refractivity (Wildman–Crippen MR) is 252 cm³/mol. The van der Waals surface area contributed by atoms with E-state index in [-0.39, 0.29) is 0 Å². The van der Waals surface area contributed by atoms with Crippen LogP contribution < -0.4 is 9.64 Å². The average Bonchev–Trinajstić information content (AvgIpc) is 3.60. The molecule has 2 heteroatoms. The third-order valence-corrected chi connectivity index (χ3v) is 12.7. The maximum atomic E-state index is 6.66. The van der Waals surface area contributed by atoms with Crippen LogP contribution in [0, 0.1) is 0 Å². The van der Waals surface area contributed by atoms with Crippen molar-refractivity contribution >= 4 is 27.8 Å². The Morgan fingerprint density at radius 3 is 1.20 bits per heavy atom. The van der Waals surface area contributed by atoms with Gasteiger partial charge >= 0.3 is 0 Å². The molecule has 0 saturated heterocycles. The van der Waals surface area contributed by atoms with E-state index in [9.17, 15) is 0 Å². The summed E-state index contributed by atoms with van der Waals surface area (Å²) in [6.07, 6.45) is 0. The second kappa shape index (κ2) is 14.1. The summed E-state index contributed by atoms with van der Waals surface area (Å²) in [5.74, 6) is 1.80. The fourth-order valence-electron chi connectivity index (χ4n) is 9.88. The Morgan fingerprint density at radius 1 is 0.279 bits per heavy atom. The number of hydrogen-bond donors (Lipinski definition) is 0. The second-order valence-corrected chi connectivity index (χ2v) is 16.1. The topological polar surface area (TPSA) is 12.5 Å². The Labute approximate surface area is 356 Å². The molecule has 1 aliphatic heterocycles. The maximum Gasteiger partial charge on any atom is 0.132 e. The number of nitrogens with zero attached hydrogens (tertiary/aromatic N) is 1. The van der Waals surface area contributed by atoms with Crippen LogP contribution >= 0.6 is 0 Å². The van der Waals surface area contributed by atoms with Crippen LogP contribution in [-0.4, -0.2) is 0 Å². The van der Waals surface area contributed by atoms with E-state index in [1.807, 2.05) is 0 Å². The largest absolute Gasteiger partial charge is 0.457 e. The highest BCUT2D eigenvalue weighted by molar-refractivity contribution is 5.97. The summed E-state index contributed by atoms with van der Waals surface area (Å²) >= 11 is 0. The van der Waals surface area contributed by atoms with Crippen molar-refractivity contribution in [3.05, 3.63) is 259 Å². The van der Waals surface area contributed by atoms with E-state index in [4.69, 9.17) is 4.74 Å². The zero-order valence-electron chi connectivity index (χ0n) is 33.4. The zero-order chi connectivity index (χ0) is 40.3. The molecule has 0 N–H and O–H groups in total. The first-order chi connectivity index (χ1) is 30.2. The molecule has 0 radical (unpaired) electrons. The highest BCUT2D eigenvalue weighted by atomic mass is 16.5. The van der Waals surface area contributed by atoms with Gasteiger partial charge in [0, 0.05) is 28.2 Å². The lowest BCUT2D eigenvalue weighted by molar-refractivity contribution is 0.436. The Bertz CT molecular complexity index is 3110. The van der Waals surface area contributed by atoms with Gasteiger partial charge in [-0.1, -0.05) is 170 Å². The predicted octanol–water partition coefficient (Wildman–Crippen LogP) is 15.8. The molecule has 10 aromatic rings. The molecule has 61 heavy (non-hydrogen) atoms. The van der Waals surface area contributed by atoms with Gasteiger partial charge in [-0.3, -0.25) is 0 Å². The number of ether oxygens (including phenoxy) is 1. The van der Waals surface area contributed by atoms with Crippen molar-refractivity contribution in [2.45, 2.75) is 5.41 Å². The Kier molecular flexibility index (Phi) is 8.11. The van der Waals surface area contributed by atoms with E-state index in [2.05, 4.69) is 241 Å². The first kappa shape index (κ1) is 35.0. The van der Waals surface area contributed by atoms with Gasteiger partial charge in [0.15, 0.2) is 0 Å². The standard InChI is InChI=1S/C59H39NO/c1-3-13-40(14-4-1)42-23-30-48(31-24-42)60(49-32-25-43(26-33-49)41-15-5-2-6-16-41)50-34-27-44(28-35-50)47-29-36-51-52-37-45-17-7-8-18-46(45)38-56(52)59(55(51)39-47)53-19-9-11-21-57(53)61-58-22-12-10-20-54(58)59/h1-39H. The van der Waals surface area contributed by atoms with E-state index < -0.39 is 5.41 Å². The van der Waals surface area contributed by atoms with Gasteiger partial charge in [0.1, 0.15) is 11.5 Å². The summed E-state index contributed by atoms with van der Waals surface area (Å²) in [7, 11) is 0. The number of fused-ring (bicyclic) bond motifs is 10. The van der Waals surface area contributed by atoms with Crippen LogP contribution in [0.1, 0.15) is 22.3 Å². The third-order valence-electron chi connectivity index (χ3n) is 12.7. The number of rotatable bonds is 6. The van der Waals surface area contributed by atoms with Gasteiger partial charge in [-0.05, 0) is 133 Å². The molecule has 0 amide bonds. The van der Waals surface area contributed by atoms with Gasteiger partial charge < -0.3 is 9.64 Å². The van der Waals surface area contributed by atoms with Gasteiger partial charge in [0.25, 0.3) is 0 Å². The van der Waals surface area contributed by atoms with E-state index in [1.165, 1.54) is 72.0 Å². The van der Waals surface area contributed by atoms with Crippen molar-refractivity contribution in [1.29, 1.82) is 0 Å². The van der Waals surface area contributed by atoms with E-state index in [1.54, 1.807) is 0 Å². The lowest BCUT2D eigenvalue weighted by Gasteiger charge is -2.39. The van der Waals surface area contributed by atoms with Gasteiger partial charge in [-0.15, -0.1) is 0 Å². The minimum Gasteiger partial charge on any atom is -0.457 e. The van der Waals surface area contributed by atoms with Crippen molar-refractivity contribution in [1.82, 2.24) is 0 Å². The molecular weight excluding hydrogens is 739 g/mol. The van der Waals surface area contributed by atoms with Crippen LogP contribution in [-0.2, 0) is 5.41 Å². The Balaban J connectivity index is 0.986. The fraction of sp³-hybridized carbons (Fsp3) is 0.0169. The van der Waals surface area contributed by atoms with E-state index >= 15 is 0 Å². The summed E-state index contributed by atoms with van der Waals surface area (Å²) in [6.45, 7) is 0. The molecule has 1 aliphatic carbocycles. The molecule has 0 fully saturated rings. The first-order valence-electron chi connectivity index (χ1n) is 21.0. The molecule has 0 bridgehead atoms. The smallest absolute Gasteiger partial charge is 0.132 e. The number of benzene rings is 10. The molecule has 0 aromatic heterocycles. The normalized spacial score (nSPS) is 12.9. The lowest BCUT2D eigenvalue weighted by Crippen LogP contribution is -2.32. The number of para-hydroxylation sites is 2. The van der Waals surface area contributed by atoms with Gasteiger partial charge in [0.05, 0.1) is 5.41 Å². The lowest BCUT2D eigenvalue weighted by atomic mass is 9.65. The molecule has 10 aromatic carbocycles. The highest BCUT2D eigenvalue weighted by Crippen LogP contribution is 2.63. The molecular formula is C59H39NO. The SMILES string of the molecule is c1ccc(-c2ccc(N(c3ccc(-c4ccccc4)cc3)c3ccc(-c4ccc5c(c4)C4(c6ccccc6Oc6ccccc64)c4cc6ccccc6cc4-5)cc3)cc2)cc1. The second-order valence-electron chi connectivity index (χ2n) is 16.1. The van der Waals surface area contributed by atoms with Crippen molar-refractivity contribution in [2.75, 3.05) is 4.90 Å². The highest BCUT2D eigenvalue weighted by Gasteiger charge is 2.51. The van der Waals surface area contributed by atoms with Crippen LogP contribution in [0.25, 0.3) is 55.3 Å². The van der Waals surface area contributed by atoms with Gasteiger partial charge in [0.2, 0.25) is 0 Å². The fourth-order valence-corrected chi connectivity index (χ4v) is 9.88. The molecule has 0 atom stereocenters. The molecule has 12 rings (SSSR count). The summed E-state index contributed by atoms with van der Waals surface area (Å²) in [4.78, 5) is 2.35. The Hall–Kier alpha value is -7.94. The molecule has 1 heterocycles. The summed E-state index contributed by atoms with van der Waals surface area (Å²) < 4.78 is 6.66. The van der Waals surface area contributed by atoms with Crippen LogP contribution in [0.4, 0.5) is 17.1 Å². The van der Waals surface area contributed by atoms with Gasteiger partial charge in [-0.25, -0.2) is 0 Å². The molecule has 2 nitrogen and oxygen atoms in total. The third kappa shape index (κ3) is 5.64. The van der Waals surface area contributed by atoms with Crippen LogP contribution in [0.2, 0.25) is 0 Å².